The van der Waals surface area contributed by atoms with Crippen molar-refractivity contribution in [2.24, 2.45) is 22.5 Å². The zero-order chi connectivity index (χ0) is 15.1. The number of carbonyl (C=O) groups excluding carboxylic acids is 1. The third-order valence-electron chi connectivity index (χ3n) is 4.94. The molecule has 0 bridgehead atoms. The number of nitrogens with one attached hydrogen (secondary N) is 1. The molecule has 112 valence electrons. The molecule has 1 amide bonds. The lowest BCUT2D eigenvalue weighted by Gasteiger charge is -2.12. The highest BCUT2D eigenvalue weighted by molar-refractivity contribution is 7.90. The summed E-state index contributed by atoms with van der Waals surface area (Å²) in [6, 6.07) is -0.750. The Bertz CT molecular complexity index is 441. The van der Waals surface area contributed by atoms with Gasteiger partial charge in [-0.25, -0.2) is 8.42 Å². The standard InChI is InChI=1S/C13H26N2O3S/c1-12(2)10(13(12,3)4)8-15-11(16)9(14)6-7-19(5,17)18/h9-10H,6-8,14H2,1-5H3,(H,15,16). The maximum Gasteiger partial charge on any atom is 0.236 e. The third kappa shape index (κ3) is 3.69. The number of nitrogens with two attached hydrogens (primary N) is 1. The van der Waals surface area contributed by atoms with Gasteiger partial charge in [0.05, 0.1) is 11.8 Å². The fourth-order valence-corrected chi connectivity index (χ4v) is 3.33. The van der Waals surface area contributed by atoms with Crippen LogP contribution in [-0.4, -0.2) is 38.9 Å². The first-order valence-electron chi connectivity index (χ1n) is 6.60. The van der Waals surface area contributed by atoms with Gasteiger partial charge in [0.2, 0.25) is 5.91 Å². The molecule has 1 fully saturated rings. The molecule has 1 rings (SSSR count). The van der Waals surface area contributed by atoms with E-state index in [2.05, 4.69) is 33.0 Å². The van der Waals surface area contributed by atoms with E-state index in [1.807, 2.05) is 0 Å². The van der Waals surface area contributed by atoms with Gasteiger partial charge in [-0.3, -0.25) is 4.79 Å². The summed E-state index contributed by atoms with van der Waals surface area (Å²) in [5, 5.41) is 2.83. The average molecular weight is 290 g/mol. The Labute approximate surface area is 116 Å². The third-order valence-corrected chi connectivity index (χ3v) is 5.91. The fraction of sp³-hybridized carbons (Fsp3) is 0.923. The molecule has 0 heterocycles. The van der Waals surface area contributed by atoms with Gasteiger partial charge in [0.15, 0.2) is 0 Å². The second-order valence-electron chi connectivity index (χ2n) is 6.77. The monoisotopic (exact) mass is 290 g/mol. The lowest BCUT2D eigenvalue weighted by Crippen LogP contribution is -2.42. The zero-order valence-corrected chi connectivity index (χ0v) is 13.3. The molecular formula is C13H26N2O3S. The van der Waals surface area contributed by atoms with Gasteiger partial charge in [-0.05, 0) is 23.2 Å². The normalized spacial score (nSPS) is 22.8. The number of hydrogen-bond donors (Lipinski definition) is 2. The predicted molar refractivity (Wildman–Crippen MR) is 76.4 cm³/mol. The van der Waals surface area contributed by atoms with Crippen LogP contribution in [0.15, 0.2) is 0 Å². The van der Waals surface area contributed by atoms with Crippen molar-refractivity contribution in [1.82, 2.24) is 5.32 Å². The lowest BCUT2D eigenvalue weighted by molar-refractivity contribution is -0.122. The maximum absolute atomic E-state index is 11.8. The van der Waals surface area contributed by atoms with Crippen LogP contribution in [0.1, 0.15) is 34.1 Å². The molecule has 3 N–H and O–H groups in total. The summed E-state index contributed by atoms with van der Waals surface area (Å²) in [5.74, 6) is 0.121. The molecule has 0 spiro atoms. The summed E-state index contributed by atoms with van der Waals surface area (Å²) in [5.41, 5.74) is 6.13. The molecule has 0 radical (unpaired) electrons. The molecular weight excluding hydrogens is 264 g/mol. The minimum atomic E-state index is -3.07. The Morgan fingerprint density at radius 1 is 1.26 bits per heavy atom. The first-order chi connectivity index (χ1) is 8.39. The van der Waals surface area contributed by atoms with Crippen molar-refractivity contribution < 1.29 is 13.2 Å². The highest BCUT2D eigenvalue weighted by Gasteiger charge is 2.64. The summed E-state index contributed by atoms with van der Waals surface area (Å²) < 4.78 is 22.0. The van der Waals surface area contributed by atoms with E-state index in [0.717, 1.165) is 6.26 Å². The van der Waals surface area contributed by atoms with Crippen LogP contribution in [-0.2, 0) is 14.6 Å². The Morgan fingerprint density at radius 3 is 2.11 bits per heavy atom. The second kappa shape index (κ2) is 5.05. The van der Waals surface area contributed by atoms with Gasteiger partial charge >= 0.3 is 0 Å². The topological polar surface area (TPSA) is 89.3 Å². The molecule has 0 saturated heterocycles. The average Bonchev–Trinajstić information content (AvgIpc) is 2.62. The maximum atomic E-state index is 11.8. The molecule has 0 aromatic heterocycles. The van der Waals surface area contributed by atoms with Crippen LogP contribution in [0, 0.1) is 16.7 Å². The van der Waals surface area contributed by atoms with E-state index in [4.69, 9.17) is 5.73 Å². The fourth-order valence-electron chi connectivity index (χ4n) is 2.65. The first kappa shape index (κ1) is 16.4. The minimum absolute atomic E-state index is 0.0536. The van der Waals surface area contributed by atoms with Crippen LogP contribution < -0.4 is 11.1 Å². The molecule has 1 aliphatic carbocycles. The zero-order valence-electron chi connectivity index (χ0n) is 12.5. The molecule has 5 nitrogen and oxygen atoms in total. The van der Waals surface area contributed by atoms with Gasteiger partial charge in [0, 0.05) is 12.8 Å². The van der Waals surface area contributed by atoms with Gasteiger partial charge in [0.25, 0.3) is 0 Å². The molecule has 0 aromatic carbocycles. The number of hydrogen-bond acceptors (Lipinski definition) is 4. The number of rotatable bonds is 6. The van der Waals surface area contributed by atoms with Crippen LogP contribution in [0.2, 0.25) is 0 Å². The summed E-state index contributed by atoms with van der Waals surface area (Å²) in [6.07, 6.45) is 1.31. The van der Waals surface area contributed by atoms with Gasteiger partial charge < -0.3 is 11.1 Å². The Kier molecular flexibility index (Phi) is 4.37. The Hall–Kier alpha value is -0.620. The van der Waals surface area contributed by atoms with Crippen molar-refractivity contribution in [2.75, 3.05) is 18.6 Å². The molecule has 19 heavy (non-hydrogen) atoms. The van der Waals surface area contributed by atoms with Crippen molar-refractivity contribution in [2.45, 2.75) is 40.2 Å². The van der Waals surface area contributed by atoms with E-state index >= 15 is 0 Å². The van der Waals surface area contributed by atoms with E-state index < -0.39 is 15.9 Å². The second-order valence-corrected chi connectivity index (χ2v) is 9.03. The first-order valence-corrected chi connectivity index (χ1v) is 8.66. The van der Waals surface area contributed by atoms with Crippen LogP contribution in [0.5, 0.6) is 0 Å². The van der Waals surface area contributed by atoms with E-state index in [1.54, 1.807) is 0 Å². The van der Waals surface area contributed by atoms with Crippen molar-refractivity contribution in [1.29, 1.82) is 0 Å². The Balaban J connectivity index is 2.37. The van der Waals surface area contributed by atoms with E-state index in [-0.39, 0.29) is 28.9 Å². The van der Waals surface area contributed by atoms with E-state index in [1.165, 1.54) is 0 Å². The largest absolute Gasteiger partial charge is 0.354 e. The van der Waals surface area contributed by atoms with E-state index in [0.29, 0.717) is 12.5 Å². The number of sulfone groups is 1. The summed E-state index contributed by atoms with van der Waals surface area (Å²) >= 11 is 0. The van der Waals surface area contributed by atoms with Crippen molar-refractivity contribution >= 4 is 15.7 Å². The highest BCUT2D eigenvalue weighted by Crippen LogP contribution is 2.67. The van der Waals surface area contributed by atoms with Crippen LogP contribution >= 0.6 is 0 Å². The van der Waals surface area contributed by atoms with Gasteiger partial charge in [-0.15, -0.1) is 0 Å². The molecule has 1 unspecified atom stereocenters. The van der Waals surface area contributed by atoms with Crippen LogP contribution in [0.25, 0.3) is 0 Å². The molecule has 1 saturated carbocycles. The van der Waals surface area contributed by atoms with Gasteiger partial charge in [0.1, 0.15) is 9.84 Å². The molecule has 1 aliphatic rings. The predicted octanol–water partition coefficient (Wildman–Crippen LogP) is 0.547. The van der Waals surface area contributed by atoms with Crippen molar-refractivity contribution in [3.63, 3.8) is 0 Å². The van der Waals surface area contributed by atoms with Crippen LogP contribution in [0.4, 0.5) is 0 Å². The molecule has 0 aromatic rings. The summed E-state index contributed by atoms with van der Waals surface area (Å²) in [7, 11) is -3.07. The Morgan fingerprint density at radius 2 is 1.74 bits per heavy atom. The van der Waals surface area contributed by atoms with Crippen molar-refractivity contribution in [3.05, 3.63) is 0 Å². The molecule has 6 heteroatoms. The van der Waals surface area contributed by atoms with Crippen molar-refractivity contribution in [3.8, 4) is 0 Å². The quantitative estimate of drug-likeness (QED) is 0.747. The molecule has 1 atom stereocenters. The SMILES string of the molecule is CC1(C)C(CNC(=O)C(N)CCS(C)(=O)=O)C1(C)C. The molecule has 0 aliphatic heterocycles. The lowest BCUT2D eigenvalue weighted by atomic mass is 10.0. The minimum Gasteiger partial charge on any atom is -0.354 e. The van der Waals surface area contributed by atoms with Gasteiger partial charge in [-0.2, -0.15) is 0 Å². The van der Waals surface area contributed by atoms with Crippen LogP contribution in [0.3, 0.4) is 0 Å². The van der Waals surface area contributed by atoms with Gasteiger partial charge in [-0.1, -0.05) is 27.7 Å². The number of carbonyl (C=O) groups is 1. The number of amides is 1. The summed E-state index contributed by atoms with van der Waals surface area (Å²) in [4.78, 5) is 11.8. The highest BCUT2D eigenvalue weighted by atomic mass is 32.2. The summed E-state index contributed by atoms with van der Waals surface area (Å²) in [6.45, 7) is 9.35. The van der Waals surface area contributed by atoms with E-state index in [9.17, 15) is 13.2 Å². The smallest absolute Gasteiger partial charge is 0.236 e.